The number of aromatic nitrogens is 3. The lowest BCUT2D eigenvalue weighted by atomic mass is 10.1. The van der Waals surface area contributed by atoms with E-state index < -0.39 is 0 Å². The SMILES string of the molecule is Cc1cc(-c2nc3cnc(OCCC4CC4)nc3o2)cc(C)c1O. The Balaban J connectivity index is 1.60. The minimum Gasteiger partial charge on any atom is -0.507 e. The van der Waals surface area contributed by atoms with Gasteiger partial charge in [-0.25, -0.2) is 9.97 Å². The lowest BCUT2D eigenvalue weighted by Crippen LogP contribution is -2.01. The molecule has 3 aromatic rings. The number of phenols is 1. The van der Waals surface area contributed by atoms with Crippen molar-refractivity contribution < 1.29 is 14.3 Å². The molecule has 1 aromatic carbocycles. The van der Waals surface area contributed by atoms with Gasteiger partial charge < -0.3 is 14.3 Å². The predicted molar refractivity (Wildman–Crippen MR) is 89.0 cm³/mol. The summed E-state index contributed by atoms with van der Waals surface area (Å²) in [4.78, 5) is 12.9. The van der Waals surface area contributed by atoms with Gasteiger partial charge in [0.15, 0.2) is 0 Å². The quantitative estimate of drug-likeness (QED) is 0.768. The monoisotopic (exact) mass is 325 g/mol. The van der Waals surface area contributed by atoms with Crippen molar-refractivity contribution in [1.82, 2.24) is 15.0 Å². The summed E-state index contributed by atoms with van der Waals surface area (Å²) in [6.07, 6.45) is 5.28. The molecule has 0 radical (unpaired) electrons. The van der Waals surface area contributed by atoms with Crippen LogP contribution >= 0.6 is 0 Å². The summed E-state index contributed by atoms with van der Waals surface area (Å²) in [6.45, 7) is 4.33. The molecule has 0 spiro atoms. The molecule has 1 saturated carbocycles. The minimum atomic E-state index is 0.293. The van der Waals surface area contributed by atoms with E-state index in [4.69, 9.17) is 9.15 Å². The second kappa shape index (κ2) is 5.78. The minimum absolute atomic E-state index is 0.293. The number of oxazole rings is 1. The van der Waals surface area contributed by atoms with E-state index >= 15 is 0 Å². The van der Waals surface area contributed by atoms with Crippen LogP contribution in [0.25, 0.3) is 22.7 Å². The number of ether oxygens (including phenoxy) is 1. The molecule has 0 bridgehead atoms. The smallest absolute Gasteiger partial charge is 0.319 e. The Morgan fingerprint density at radius 2 is 1.96 bits per heavy atom. The normalized spacial score (nSPS) is 14.2. The molecule has 6 nitrogen and oxygen atoms in total. The molecule has 0 unspecified atom stereocenters. The van der Waals surface area contributed by atoms with E-state index in [9.17, 15) is 5.11 Å². The Bertz CT molecular complexity index is 877. The molecule has 0 atom stereocenters. The molecule has 0 amide bonds. The number of benzene rings is 1. The number of phenolic OH excluding ortho intramolecular Hbond substituents is 1. The van der Waals surface area contributed by atoms with Gasteiger partial charge in [0.2, 0.25) is 5.89 Å². The third kappa shape index (κ3) is 2.91. The summed E-state index contributed by atoms with van der Waals surface area (Å²) in [5.74, 6) is 1.56. The molecule has 1 aliphatic carbocycles. The van der Waals surface area contributed by atoms with Crippen LogP contribution in [0.3, 0.4) is 0 Å². The standard InChI is InChI=1S/C18H19N3O3/c1-10-7-13(8-11(2)15(10)22)16-20-14-9-19-18(21-17(14)24-16)23-6-5-12-3-4-12/h7-9,12,22H,3-6H2,1-2H3. The van der Waals surface area contributed by atoms with Crippen LogP contribution in [-0.4, -0.2) is 26.7 Å². The van der Waals surface area contributed by atoms with Crippen LogP contribution in [0.2, 0.25) is 0 Å². The third-order valence-corrected chi connectivity index (χ3v) is 4.32. The molecule has 4 rings (SSSR count). The van der Waals surface area contributed by atoms with Crippen LogP contribution < -0.4 is 4.74 Å². The Morgan fingerprint density at radius 1 is 1.21 bits per heavy atom. The van der Waals surface area contributed by atoms with Crippen molar-refractivity contribution in [3.05, 3.63) is 29.5 Å². The van der Waals surface area contributed by atoms with E-state index in [1.165, 1.54) is 12.8 Å². The molecule has 0 saturated heterocycles. The first-order valence-electron chi connectivity index (χ1n) is 8.17. The van der Waals surface area contributed by atoms with Gasteiger partial charge in [0.05, 0.1) is 12.8 Å². The van der Waals surface area contributed by atoms with Crippen LogP contribution in [-0.2, 0) is 0 Å². The molecular weight excluding hydrogens is 306 g/mol. The average molecular weight is 325 g/mol. The van der Waals surface area contributed by atoms with Gasteiger partial charge in [-0.2, -0.15) is 4.98 Å². The van der Waals surface area contributed by atoms with E-state index in [2.05, 4.69) is 15.0 Å². The maximum atomic E-state index is 9.89. The van der Waals surface area contributed by atoms with Gasteiger partial charge in [0.25, 0.3) is 5.71 Å². The highest BCUT2D eigenvalue weighted by molar-refractivity contribution is 5.72. The van der Waals surface area contributed by atoms with Gasteiger partial charge in [-0.1, -0.05) is 12.8 Å². The summed E-state index contributed by atoms with van der Waals surface area (Å²) >= 11 is 0. The molecule has 24 heavy (non-hydrogen) atoms. The number of aromatic hydroxyl groups is 1. The van der Waals surface area contributed by atoms with Gasteiger partial charge in [0.1, 0.15) is 11.3 Å². The molecule has 1 fully saturated rings. The Hall–Kier alpha value is -2.63. The maximum Gasteiger partial charge on any atom is 0.319 e. The summed E-state index contributed by atoms with van der Waals surface area (Å²) in [6, 6.07) is 4.00. The number of fused-ring (bicyclic) bond motifs is 1. The summed E-state index contributed by atoms with van der Waals surface area (Å²) in [5.41, 5.74) is 3.36. The zero-order valence-corrected chi connectivity index (χ0v) is 13.7. The maximum absolute atomic E-state index is 9.89. The molecule has 124 valence electrons. The first-order valence-corrected chi connectivity index (χ1v) is 8.17. The number of rotatable bonds is 5. The Labute approximate surface area is 139 Å². The summed E-state index contributed by atoms with van der Waals surface area (Å²) in [7, 11) is 0. The topological polar surface area (TPSA) is 81.3 Å². The van der Waals surface area contributed by atoms with Crippen molar-refractivity contribution in [3.8, 4) is 23.2 Å². The molecule has 2 aromatic heterocycles. The van der Waals surface area contributed by atoms with Gasteiger partial charge in [-0.05, 0) is 49.4 Å². The van der Waals surface area contributed by atoms with Crippen molar-refractivity contribution in [1.29, 1.82) is 0 Å². The third-order valence-electron chi connectivity index (χ3n) is 4.32. The van der Waals surface area contributed by atoms with Crippen LogP contribution in [0.1, 0.15) is 30.4 Å². The van der Waals surface area contributed by atoms with Crippen molar-refractivity contribution in [3.63, 3.8) is 0 Å². The van der Waals surface area contributed by atoms with Crippen LogP contribution in [0, 0.1) is 19.8 Å². The molecule has 2 heterocycles. The van der Waals surface area contributed by atoms with Gasteiger partial charge in [0, 0.05) is 5.56 Å². The van der Waals surface area contributed by atoms with Crippen LogP contribution in [0.15, 0.2) is 22.7 Å². The van der Waals surface area contributed by atoms with Crippen molar-refractivity contribution in [2.24, 2.45) is 5.92 Å². The van der Waals surface area contributed by atoms with E-state index in [1.807, 2.05) is 26.0 Å². The van der Waals surface area contributed by atoms with Gasteiger partial charge in [-0.15, -0.1) is 0 Å². The fraction of sp³-hybridized carbons (Fsp3) is 0.389. The fourth-order valence-corrected chi connectivity index (χ4v) is 2.72. The van der Waals surface area contributed by atoms with Crippen molar-refractivity contribution >= 4 is 11.2 Å². The number of hydrogen-bond acceptors (Lipinski definition) is 6. The number of hydrogen-bond donors (Lipinski definition) is 1. The zero-order valence-electron chi connectivity index (χ0n) is 13.7. The molecule has 6 heteroatoms. The highest BCUT2D eigenvalue weighted by Crippen LogP contribution is 2.32. The Kier molecular flexibility index (Phi) is 3.59. The highest BCUT2D eigenvalue weighted by atomic mass is 16.5. The van der Waals surface area contributed by atoms with Crippen LogP contribution in [0.5, 0.6) is 11.8 Å². The second-order valence-electron chi connectivity index (χ2n) is 6.40. The van der Waals surface area contributed by atoms with Gasteiger partial charge in [-0.3, -0.25) is 0 Å². The summed E-state index contributed by atoms with van der Waals surface area (Å²) < 4.78 is 11.4. The molecule has 0 aliphatic heterocycles. The first kappa shape index (κ1) is 14.9. The molecule has 1 aliphatic rings. The highest BCUT2D eigenvalue weighted by Gasteiger charge is 2.21. The van der Waals surface area contributed by atoms with Crippen molar-refractivity contribution in [2.75, 3.05) is 6.61 Å². The number of nitrogens with zero attached hydrogens (tertiary/aromatic N) is 3. The second-order valence-corrected chi connectivity index (χ2v) is 6.40. The summed E-state index contributed by atoms with van der Waals surface area (Å²) in [5, 5.41) is 9.89. The average Bonchev–Trinajstić information content (AvgIpc) is 3.28. The predicted octanol–water partition coefficient (Wildman–Crippen LogP) is 3.79. The van der Waals surface area contributed by atoms with Crippen molar-refractivity contribution in [2.45, 2.75) is 33.1 Å². The lowest BCUT2D eigenvalue weighted by molar-refractivity contribution is 0.279. The Morgan fingerprint density at radius 3 is 2.67 bits per heavy atom. The van der Waals surface area contributed by atoms with Gasteiger partial charge >= 0.3 is 6.01 Å². The molecule has 1 N–H and O–H groups in total. The number of aryl methyl sites for hydroxylation is 2. The molecular formula is C18H19N3O3. The van der Waals surface area contributed by atoms with Crippen LogP contribution in [0.4, 0.5) is 0 Å². The van der Waals surface area contributed by atoms with E-state index in [0.29, 0.717) is 35.5 Å². The van der Waals surface area contributed by atoms with E-state index in [-0.39, 0.29) is 0 Å². The van der Waals surface area contributed by atoms with E-state index in [1.54, 1.807) is 6.20 Å². The lowest BCUT2D eigenvalue weighted by Gasteiger charge is -2.04. The largest absolute Gasteiger partial charge is 0.507 e. The first-order chi connectivity index (χ1) is 11.6. The zero-order chi connectivity index (χ0) is 16.7. The van der Waals surface area contributed by atoms with E-state index in [0.717, 1.165) is 29.0 Å². The fourth-order valence-electron chi connectivity index (χ4n) is 2.72.